The third-order valence-corrected chi connectivity index (χ3v) is 8.51. The highest BCUT2D eigenvalue weighted by atomic mass is 35.5. The Kier molecular flexibility index (Phi) is 6.02. The Balaban J connectivity index is 1.38. The van der Waals surface area contributed by atoms with Crippen molar-refractivity contribution >= 4 is 38.2 Å². The fraction of sp³-hybridized carbons (Fsp3) is 0.231. The summed E-state index contributed by atoms with van der Waals surface area (Å²) in [5, 5.41) is 2.61. The van der Waals surface area contributed by atoms with E-state index in [0.717, 1.165) is 33.4 Å². The van der Waals surface area contributed by atoms with Gasteiger partial charge in [0.1, 0.15) is 5.82 Å². The van der Waals surface area contributed by atoms with Crippen molar-refractivity contribution in [2.45, 2.75) is 18.7 Å². The number of fused-ring (bicyclic) bond motifs is 1. The third kappa shape index (κ3) is 4.27. The molecule has 0 amide bonds. The summed E-state index contributed by atoms with van der Waals surface area (Å²) in [6, 6.07) is 20.6. The van der Waals surface area contributed by atoms with Crippen molar-refractivity contribution in [1.82, 2.24) is 14.3 Å². The van der Waals surface area contributed by atoms with Crippen LogP contribution in [0.1, 0.15) is 11.3 Å². The highest BCUT2D eigenvalue weighted by molar-refractivity contribution is 7.89. The molecule has 0 radical (unpaired) electrons. The lowest BCUT2D eigenvalue weighted by Gasteiger charge is -2.35. The molecule has 1 aliphatic heterocycles. The van der Waals surface area contributed by atoms with Gasteiger partial charge in [-0.05, 0) is 61.0 Å². The molecule has 1 aromatic heterocycles. The van der Waals surface area contributed by atoms with Crippen molar-refractivity contribution in [1.29, 1.82) is 0 Å². The van der Waals surface area contributed by atoms with Crippen molar-refractivity contribution in [2.24, 2.45) is 0 Å². The fourth-order valence-electron chi connectivity index (χ4n) is 4.27. The zero-order chi connectivity index (χ0) is 23.9. The molecule has 1 saturated heterocycles. The number of piperazine rings is 1. The Hall–Kier alpha value is -3.00. The highest BCUT2D eigenvalue weighted by Gasteiger charge is 2.30. The standard InChI is InChI=1S/C26H25ClN4O2S/c1-18-19(2)28-25(21-7-10-23(27)11-8-21)29-26(18)30-13-15-31(16-14-30)34(32,33)24-12-9-20-5-3-4-6-22(20)17-24/h3-12,17H,13-16H2,1-2H3. The molecule has 8 heteroatoms. The van der Waals surface area contributed by atoms with Gasteiger partial charge < -0.3 is 4.90 Å². The van der Waals surface area contributed by atoms with E-state index in [-0.39, 0.29) is 0 Å². The first-order chi connectivity index (χ1) is 16.3. The van der Waals surface area contributed by atoms with Gasteiger partial charge in [0.05, 0.1) is 4.90 Å². The summed E-state index contributed by atoms with van der Waals surface area (Å²) < 4.78 is 28.2. The average molecular weight is 493 g/mol. The van der Waals surface area contributed by atoms with Crippen LogP contribution >= 0.6 is 11.6 Å². The van der Waals surface area contributed by atoms with Crippen LogP contribution in [-0.4, -0.2) is 48.9 Å². The van der Waals surface area contributed by atoms with Crippen LogP contribution in [0.15, 0.2) is 71.6 Å². The van der Waals surface area contributed by atoms with Gasteiger partial charge in [0.2, 0.25) is 10.0 Å². The van der Waals surface area contributed by atoms with Gasteiger partial charge in [-0.1, -0.05) is 41.9 Å². The summed E-state index contributed by atoms with van der Waals surface area (Å²) in [6.07, 6.45) is 0. The highest BCUT2D eigenvalue weighted by Crippen LogP contribution is 2.28. The minimum atomic E-state index is -3.57. The second-order valence-corrected chi connectivity index (χ2v) is 10.9. The van der Waals surface area contributed by atoms with Crippen LogP contribution in [0.2, 0.25) is 5.02 Å². The molecular weight excluding hydrogens is 468 g/mol. The Morgan fingerprint density at radius 3 is 2.21 bits per heavy atom. The molecule has 0 N–H and O–H groups in total. The van der Waals surface area contributed by atoms with Crippen LogP contribution in [0.4, 0.5) is 5.82 Å². The van der Waals surface area contributed by atoms with E-state index in [1.54, 1.807) is 16.4 Å². The van der Waals surface area contributed by atoms with Gasteiger partial charge >= 0.3 is 0 Å². The number of sulfonamides is 1. The molecule has 0 bridgehead atoms. The normalized spacial score (nSPS) is 15.1. The maximum atomic E-state index is 13.3. The predicted octanol–water partition coefficient (Wildman–Crippen LogP) is 5.08. The van der Waals surface area contributed by atoms with E-state index < -0.39 is 10.0 Å². The number of halogens is 1. The zero-order valence-electron chi connectivity index (χ0n) is 19.1. The predicted molar refractivity (Wildman–Crippen MR) is 137 cm³/mol. The van der Waals surface area contributed by atoms with Gasteiger partial charge in [0, 0.05) is 48.0 Å². The summed E-state index contributed by atoms with van der Waals surface area (Å²) >= 11 is 6.03. The molecule has 0 aliphatic carbocycles. The molecule has 1 fully saturated rings. The number of rotatable bonds is 4. The average Bonchev–Trinajstić information content (AvgIpc) is 2.86. The molecule has 5 rings (SSSR count). The van der Waals surface area contributed by atoms with E-state index >= 15 is 0 Å². The van der Waals surface area contributed by atoms with Crippen molar-refractivity contribution < 1.29 is 8.42 Å². The van der Waals surface area contributed by atoms with E-state index in [0.29, 0.717) is 41.9 Å². The molecular formula is C26H25ClN4O2S. The lowest BCUT2D eigenvalue weighted by molar-refractivity contribution is 0.383. The fourth-order valence-corrected chi connectivity index (χ4v) is 5.85. The van der Waals surface area contributed by atoms with E-state index in [1.807, 2.05) is 68.4 Å². The van der Waals surface area contributed by atoms with E-state index in [2.05, 4.69) is 9.88 Å². The number of aryl methyl sites for hydroxylation is 1. The van der Waals surface area contributed by atoms with Crippen LogP contribution in [0, 0.1) is 13.8 Å². The second-order valence-electron chi connectivity index (χ2n) is 8.49. The van der Waals surface area contributed by atoms with Crippen LogP contribution in [0.5, 0.6) is 0 Å². The molecule has 0 unspecified atom stereocenters. The molecule has 0 spiro atoms. The Morgan fingerprint density at radius 2 is 1.50 bits per heavy atom. The molecule has 6 nitrogen and oxygen atoms in total. The second kappa shape index (κ2) is 8.98. The Bertz CT molecular complexity index is 1460. The lowest BCUT2D eigenvalue weighted by Crippen LogP contribution is -2.49. The Morgan fingerprint density at radius 1 is 0.824 bits per heavy atom. The monoisotopic (exact) mass is 492 g/mol. The van der Waals surface area contributed by atoms with E-state index in [4.69, 9.17) is 16.6 Å². The van der Waals surface area contributed by atoms with E-state index in [1.165, 1.54) is 0 Å². The first kappa shape index (κ1) is 22.8. The van der Waals surface area contributed by atoms with E-state index in [9.17, 15) is 8.42 Å². The Labute approximate surface area is 204 Å². The summed E-state index contributed by atoms with van der Waals surface area (Å²) in [7, 11) is -3.57. The largest absolute Gasteiger partial charge is 0.354 e. The first-order valence-electron chi connectivity index (χ1n) is 11.2. The molecule has 2 heterocycles. The van der Waals surface area contributed by atoms with Crippen molar-refractivity contribution in [3.05, 3.63) is 83.0 Å². The molecule has 0 atom stereocenters. The molecule has 0 saturated carbocycles. The number of aromatic nitrogens is 2. The number of hydrogen-bond donors (Lipinski definition) is 0. The smallest absolute Gasteiger partial charge is 0.243 e. The molecule has 3 aromatic carbocycles. The quantitative estimate of drug-likeness (QED) is 0.397. The van der Waals surface area contributed by atoms with Crippen molar-refractivity contribution in [3.8, 4) is 11.4 Å². The summed E-state index contributed by atoms with van der Waals surface area (Å²) in [6.45, 7) is 5.89. The molecule has 34 heavy (non-hydrogen) atoms. The number of hydrogen-bond acceptors (Lipinski definition) is 5. The topological polar surface area (TPSA) is 66.4 Å². The minimum Gasteiger partial charge on any atom is -0.354 e. The summed E-state index contributed by atoms with van der Waals surface area (Å²) in [5.41, 5.74) is 2.80. The molecule has 174 valence electrons. The van der Waals surface area contributed by atoms with Crippen LogP contribution in [0.3, 0.4) is 0 Å². The minimum absolute atomic E-state index is 0.332. The number of benzene rings is 3. The van der Waals surface area contributed by atoms with Gasteiger partial charge in [-0.2, -0.15) is 4.31 Å². The van der Waals surface area contributed by atoms with Crippen molar-refractivity contribution in [2.75, 3.05) is 31.1 Å². The first-order valence-corrected chi connectivity index (χ1v) is 13.0. The molecule has 4 aromatic rings. The van der Waals surface area contributed by atoms with Crippen LogP contribution < -0.4 is 4.90 Å². The number of nitrogens with zero attached hydrogens (tertiary/aromatic N) is 4. The van der Waals surface area contributed by atoms with Crippen LogP contribution in [0.25, 0.3) is 22.2 Å². The maximum Gasteiger partial charge on any atom is 0.243 e. The summed E-state index contributed by atoms with van der Waals surface area (Å²) in [5.74, 6) is 1.49. The third-order valence-electron chi connectivity index (χ3n) is 6.36. The molecule has 1 aliphatic rings. The summed E-state index contributed by atoms with van der Waals surface area (Å²) in [4.78, 5) is 12.0. The van der Waals surface area contributed by atoms with Gasteiger partial charge in [-0.25, -0.2) is 18.4 Å². The van der Waals surface area contributed by atoms with Gasteiger partial charge in [-0.15, -0.1) is 0 Å². The van der Waals surface area contributed by atoms with Gasteiger partial charge in [0.25, 0.3) is 0 Å². The van der Waals surface area contributed by atoms with Gasteiger partial charge in [-0.3, -0.25) is 0 Å². The van der Waals surface area contributed by atoms with Crippen LogP contribution in [-0.2, 0) is 10.0 Å². The number of anilines is 1. The lowest BCUT2D eigenvalue weighted by atomic mass is 10.1. The SMILES string of the molecule is Cc1nc(-c2ccc(Cl)cc2)nc(N2CCN(S(=O)(=O)c3ccc4ccccc4c3)CC2)c1C. The maximum absolute atomic E-state index is 13.3. The zero-order valence-corrected chi connectivity index (χ0v) is 20.6. The van der Waals surface area contributed by atoms with Gasteiger partial charge in [0.15, 0.2) is 5.82 Å². The van der Waals surface area contributed by atoms with Crippen molar-refractivity contribution in [3.63, 3.8) is 0 Å².